The molecule has 0 aromatic heterocycles. The van der Waals surface area contributed by atoms with Crippen LogP contribution in [0.15, 0.2) is 23.1 Å². The number of rotatable bonds is 4. The summed E-state index contributed by atoms with van der Waals surface area (Å²) in [6.07, 6.45) is 1.79. The van der Waals surface area contributed by atoms with Crippen molar-refractivity contribution in [3.63, 3.8) is 0 Å². The van der Waals surface area contributed by atoms with Gasteiger partial charge in [0.05, 0.1) is 5.02 Å². The first-order chi connectivity index (χ1) is 7.53. The molecule has 0 aliphatic heterocycles. The van der Waals surface area contributed by atoms with Crippen LogP contribution in [0.2, 0.25) is 5.02 Å². The van der Waals surface area contributed by atoms with Crippen LogP contribution in [0.1, 0.15) is 18.4 Å². The van der Waals surface area contributed by atoms with Crippen LogP contribution in [-0.2, 0) is 15.9 Å². The van der Waals surface area contributed by atoms with Gasteiger partial charge in [0.2, 0.25) is 10.0 Å². The molecule has 1 aliphatic carbocycles. The summed E-state index contributed by atoms with van der Waals surface area (Å²) in [6.45, 7) is 0. The molecule has 1 aromatic carbocycles. The van der Waals surface area contributed by atoms with E-state index in [4.69, 9.17) is 23.2 Å². The van der Waals surface area contributed by atoms with Gasteiger partial charge in [0.15, 0.2) is 0 Å². The number of benzene rings is 1. The molecule has 1 aromatic rings. The first-order valence-electron chi connectivity index (χ1n) is 4.89. The van der Waals surface area contributed by atoms with E-state index < -0.39 is 10.0 Å². The molecule has 0 amide bonds. The summed E-state index contributed by atoms with van der Waals surface area (Å²) >= 11 is 11.5. The van der Waals surface area contributed by atoms with E-state index in [1.54, 1.807) is 12.1 Å². The van der Waals surface area contributed by atoms with Crippen LogP contribution in [0.5, 0.6) is 0 Å². The predicted molar refractivity (Wildman–Crippen MR) is 64.4 cm³/mol. The van der Waals surface area contributed by atoms with Crippen molar-refractivity contribution >= 4 is 33.2 Å². The Labute approximate surface area is 105 Å². The van der Waals surface area contributed by atoms with Crippen LogP contribution in [0.25, 0.3) is 0 Å². The first kappa shape index (κ1) is 12.2. The van der Waals surface area contributed by atoms with Crippen LogP contribution in [0.3, 0.4) is 0 Å². The lowest BCUT2D eigenvalue weighted by atomic mass is 10.2. The molecule has 6 heteroatoms. The summed E-state index contributed by atoms with van der Waals surface area (Å²) in [5, 5.41) is 0.224. The Bertz CT molecular complexity index is 498. The summed E-state index contributed by atoms with van der Waals surface area (Å²) in [5.74, 6) is 0.267. The molecule has 1 N–H and O–H groups in total. The maximum atomic E-state index is 11.9. The molecule has 0 atom stereocenters. The van der Waals surface area contributed by atoms with Gasteiger partial charge in [-0.25, -0.2) is 13.1 Å². The number of sulfonamides is 1. The fourth-order valence-electron chi connectivity index (χ4n) is 1.32. The lowest BCUT2D eigenvalue weighted by Gasteiger charge is -2.08. The lowest BCUT2D eigenvalue weighted by Crippen LogP contribution is -2.26. The van der Waals surface area contributed by atoms with Gasteiger partial charge in [0.25, 0.3) is 0 Å². The highest BCUT2D eigenvalue weighted by molar-refractivity contribution is 7.89. The summed E-state index contributed by atoms with van der Waals surface area (Å²) in [5.41, 5.74) is 0.738. The van der Waals surface area contributed by atoms with E-state index in [9.17, 15) is 8.42 Å². The largest absolute Gasteiger partial charge is 0.242 e. The molecule has 0 unspecified atom stereocenters. The van der Waals surface area contributed by atoms with Crippen LogP contribution >= 0.6 is 23.2 Å². The van der Waals surface area contributed by atoms with Crippen LogP contribution in [0, 0.1) is 0 Å². The van der Waals surface area contributed by atoms with E-state index in [0.29, 0.717) is 0 Å². The van der Waals surface area contributed by atoms with Crippen molar-refractivity contribution in [2.45, 2.75) is 29.7 Å². The van der Waals surface area contributed by atoms with Crippen molar-refractivity contribution in [3.05, 3.63) is 28.8 Å². The van der Waals surface area contributed by atoms with E-state index in [1.807, 2.05) is 0 Å². The monoisotopic (exact) mass is 279 g/mol. The average molecular weight is 280 g/mol. The second-order valence-corrected chi connectivity index (χ2v) is 6.15. The second kappa shape index (κ2) is 4.53. The Balaban J connectivity index is 2.36. The normalized spacial score (nSPS) is 16.4. The summed E-state index contributed by atoms with van der Waals surface area (Å²) in [7, 11) is -3.50. The third-order valence-electron chi connectivity index (χ3n) is 2.34. The molecule has 0 bridgehead atoms. The highest BCUT2D eigenvalue weighted by Crippen LogP contribution is 2.27. The number of hydrogen-bond donors (Lipinski definition) is 1. The fraction of sp³-hybridized carbons (Fsp3) is 0.400. The molecule has 16 heavy (non-hydrogen) atoms. The van der Waals surface area contributed by atoms with Crippen LogP contribution < -0.4 is 4.72 Å². The van der Waals surface area contributed by atoms with E-state index in [-0.39, 0.29) is 21.8 Å². The van der Waals surface area contributed by atoms with Gasteiger partial charge in [-0.3, -0.25) is 0 Å². The lowest BCUT2D eigenvalue weighted by molar-refractivity contribution is 0.581. The quantitative estimate of drug-likeness (QED) is 0.861. The van der Waals surface area contributed by atoms with Crippen molar-refractivity contribution in [1.29, 1.82) is 0 Å². The maximum Gasteiger partial charge on any atom is 0.242 e. The minimum atomic E-state index is -3.50. The zero-order chi connectivity index (χ0) is 11.8. The molecule has 1 aliphatic rings. The Morgan fingerprint density at radius 2 is 2.06 bits per heavy atom. The summed E-state index contributed by atoms with van der Waals surface area (Å²) in [4.78, 5) is 0.110. The first-order valence-corrected chi connectivity index (χ1v) is 7.29. The Kier molecular flexibility index (Phi) is 3.45. The van der Waals surface area contributed by atoms with Crippen molar-refractivity contribution in [2.75, 3.05) is 0 Å². The fourth-order valence-corrected chi connectivity index (χ4v) is 3.34. The molecule has 0 saturated heterocycles. The van der Waals surface area contributed by atoms with Gasteiger partial charge < -0.3 is 0 Å². The second-order valence-electron chi connectivity index (χ2n) is 3.79. The average Bonchev–Trinajstić information content (AvgIpc) is 3.01. The Morgan fingerprint density at radius 1 is 1.38 bits per heavy atom. The van der Waals surface area contributed by atoms with Crippen molar-refractivity contribution in [3.8, 4) is 0 Å². The zero-order valence-corrected chi connectivity index (χ0v) is 10.7. The van der Waals surface area contributed by atoms with Gasteiger partial charge in [0.1, 0.15) is 4.90 Å². The number of alkyl halides is 1. The van der Waals surface area contributed by atoms with E-state index in [1.165, 1.54) is 6.07 Å². The third kappa shape index (κ3) is 2.69. The molecule has 3 nitrogen and oxygen atoms in total. The number of hydrogen-bond acceptors (Lipinski definition) is 2. The standard InChI is InChI=1S/C10H11Cl2NO2S/c11-6-7-1-4-9(12)10(5-7)16(14,15)13-8-2-3-8/h1,4-5,8,13H,2-3,6H2. The van der Waals surface area contributed by atoms with E-state index in [0.717, 1.165) is 18.4 Å². The van der Waals surface area contributed by atoms with E-state index in [2.05, 4.69) is 4.72 Å². The van der Waals surface area contributed by atoms with Gasteiger partial charge in [-0.1, -0.05) is 17.7 Å². The topological polar surface area (TPSA) is 46.2 Å². The van der Waals surface area contributed by atoms with Gasteiger partial charge in [-0.2, -0.15) is 0 Å². The van der Waals surface area contributed by atoms with Crippen molar-refractivity contribution < 1.29 is 8.42 Å². The van der Waals surface area contributed by atoms with Gasteiger partial charge in [0, 0.05) is 11.9 Å². The minimum Gasteiger partial charge on any atom is -0.208 e. The van der Waals surface area contributed by atoms with Gasteiger partial charge in [-0.15, -0.1) is 11.6 Å². The van der Waals surface area contributed by atoms with Gasteiger partial charge >= 0.3 is 0 Å². The molecule has 0 radical (unpaired) electrons. The van der Waals surface area contributed by atoms with Crippen molar-refractivity contribution in [2.24, 2.45) is 0 Å². The number of nitrogens with one attached hydrogen (secondary N) is 1. The highest BCUT2D eigenvalue weighted by Gasteiger charge is 2.29. The highest BCUT2D eigenvalue weighted by atomic mass is 35.5. The third-order valence-corrected chi connectivity index (χ3v) is 4.65. The molecule has 0 heterocycles. The molecule has 0 spiro atoms. The minimum absolute atomic E-state index is 0.0701. The molecule has 1 fully saturated rings. The van der Waals surface area contributed by atoms with E-state index >= 15 is 0 Å². The zero-order valence-electron chi connectivity index (χ0n) is 8.41. The Morgan fingerprint density at radius 3 is 2.62 bits per heavy atom. The SMILES string of the molecule is O=S(=O)(NC1CC1)c1cc(CCl)ccc1Cl. The maximum absolute atomic E-state index is 11.9. The van der Waals surface area contributed by atoms with Crippen LogP contribution in [-0.4, -0.2) is 14.5 Å². The summed E-state index contributed by atoms with van der Waals surface area (Å²) < 4.78 is 26.4. The number of halogens is 2. The molecule has 1 saturated carbocycles. The Hall–Kier alpha value is -0.290. The molecular weight excluding hydrogens is 269 g/mol. The van der Waals surface area contributed by atoms with Crippen molar-refractivity contribution in [1.82, 2.24) is 4.72 Å². The summed E-state index contributed by atoms with van der Waals surface area (Å²) in [6, 6.07) is 4.85. The van der Waals surface area contributed by atoms with Crippen LogP contribution in [0.4, 0.5) is 0 Å². The predicted octanol–water partition coefficient (Wildman–Crippen LogP) is 2.52. The molecular formula is C10H11Cl2NO2S. The molecule has 2 rings (SSSR count). The van der Waals surface area contributed by atoms with Gasteiger partial charge in [-0.05, 0) is 30.5 Å². The smallest absolute Gasteiger partial charge is 0.208 e. The molecule has 88 valence electrons.